The Hall–Kier alpha value is -1.02. The van der Waals surface area contributed by atoms with Gasteiger partial charge in [-0.05, 0) is 26.3 Å². The topological polar surface area (TPSA) is 77.4 Å². The Balaban J connectivity index is 2.06. The molecule has 2 rings (SSSR count). The number of ether oxygens (including phenoxy) is 4. The molecule has 0 aliphatic carbocycles. The number of benzene rings is 1. The van der Waals surface area contributed by atoms with Gasteiger partial charge in [0.1, 0.15) is 24.4 Å². The van der Waals surface area contributed by atoms with Gasteiger partial charge < -0.3 is 29.2 Å². The maximum atomic E-state index is 10.0. The second-order valence-electron chi connectivity index (χ2n) is 6.52. The van der Waals surface area contributed by atoms with Gasteiger partial charge in [0.15, 0.2) is 5.79 Å². The Kier molecular flexibility index (Phi) is 6.74. The lowest BCUT2D eigenvalue weighted by atomic mass is 10.00. The van der Waals surface area contributed by atoms with E-state index in [-0.39, 0.29) is 6.10 Å². The third-order valence-corrected chi connectivity index (χ3v) is 4.14. The van der Waals surface area contributed by atoms with E-state index in [4.69, 9.17) is 18.9 Å². The summed E-state index contributed by atoms with van der Waals surface area (Å²) in [7, 11) is 1.48. The van der Waals surface area contributed by atoms with Gasteiger partial charge in [-0.15, -0.1) is 0 Å². The van der Waals surface area contributed by atoms with Crippen LogP contribution < -0.4 is 0 Å². The smallest absolute Gasteiger partial charge is 0.164 e. The summed E-state index contributed by atoms with van der Waals surface area (Å²) in [6, 6.07) is 9.87. The van der Waals surface area contributed by atoms with Gasteiger partial charge in [0, 0.05) is 7.11 Å². The van der Waals surface area contributed by atoms with E-state index in [1.807, 2.05) is 51.1 Å². The maximum Gasteiger partial charge on any atom is 0.164 e. The highest BCUT2D eigenvalue weighted by Gasteiger charge is 2.49. The average molecular weight is 340 g/mol. The molecule has 0 amide bonds. The highest BCUT2D eigenvalue weighted by atomic mass is 16.8. The molecule has 2 N–H and O–H groups in total. The molecule has 136 valence electrons. The minimum absolute atomic E-state index is 0.277. The van der Waals surface area contributed by atoms with Gasteiger partial charge in [0.2, 0.25) is 0 Å². The summed E-state index contributed by atoms with van der Waals surface area (Å²) in [4.78, 5) is 0. The highest BCUT2D eigenvalue weighted by molar-refractivity contribution is 5.13. The van der Waals surface area contributed by atoms with Gasteiger partial charge in [-0.2, -0.15) is 0 Å². The van der Waals surface area contributed by atoms with Gasteiger partial charge in [-0.3, -0.25) is 0 Å². The normalized spacial score (nSPS) is 26.9. The lowest BCUT2D eigenvalue weighted by molar-refractivity contribution is -0.171. The minimum Gasteiger partial charge on any atom is -0.394 e. The predicted molar refractivity (Wildman–Crippen MR) is 88.4 cm³/mol. The molecule has 1 aromatic carbocycles. The molecular weight excluding hydrogens is 312 g/mol. The van der Waals surface area contributed by atoms with Gasteiger partial charge >= 0.3 is 0 Å². The first-order valence-electron chi connectivity index (χ1n) is 8.21. The summed E-state index contributed by atoms with van der Waals surface area (Å²) >= 11 is 0. The van der Waals surface area contributed by atoms with Crippen molar-refractivity contribution in [1.29, 1.82) is 0 Å². The summed E-state index contributed by atoms with van der Waals surface area (Å²) in [5, 5.41) is 19.3. The van der Waals surface area contributed by atoms with Gasteiger partial charge in [0.05, 0.1) is 19.3 Å². The van der Waals surface area contributed by atoms with E-state index in [1.165, 1.54) is 7.11 Å². The van der Waals surface area contributed by atoms with E-state index >= 15 is 0 Å². The molecule has 0 bridgehead atoms. The van der Waals surface area contributed by atoms with Crippen LogP contribution in [0.25, 0.3) is 0 Å². The fourth-order valence-corrected chi connectivity index (χ4v) is 2.95. The Labute approximate surface area is 143 Å². The molecule has 1 aromatic rings. The summed E-state index contributed by atoms with van der Waals surface area (Å²) in [6.45, 7) is 5.56. The number of aliphatic hydroxyl groups excluding tert-OH is 2. The zero-order chi connectivity index (χ0) is 17.7. The molecule has 1 saturated heterocycles. The SMILES string of the molecule is COC(C(O)CO)C1OC(C)(C)OC1C(C)OCc1ccccc1. The molecule has 0 radical (unpaired) electrons. The molecule has 1 aliphatic rings. The Bertz CT molecular complexity index is 492. The van der Waals surface area contributed by atoms with E-state index in [0.717, 1.165) is 5.56 Å². The maximum absolute atomic E-state index is 10.0. The Morgan fingerprint density at radius 1 is 1.17 bits per heavy atom. The second-order valence-corrected chi connectivity index (χ2v) is 6.52. The molecule has 1 heterocycles. The number of rotatable bonds is 8. The van der Waals surface area contributed by atoms with Crippen molar-refractivity contribution in [3.05, 3.63) is 35.9 Å². The Morgan fingerprint density at radius 3 is 2.38 bits per heavy atom. The molecule has 6 heteroatoms. The summed E-state index contributed by atoms with van der Waals surface area (Å²) in [6.07, 6.45) is -3.00. The van der Waals surface area contributed by atoms with Crippen molar-refractivity contribution in [2.75, 3.05) is 13.7 Å². The zero-order valence-electron chi connectivity index (χ0n) is 14.7. The van der Waals surface area contributed by atoms with Crippen LogP contribution in [0.15, 0.2) is 30.3 Å². The van der Waals surface area contributed by atoms with Gasteiger partial charge in [-0.1, -0.05) is 30.3 Å². The molecular formula is C18H28O6. The van der Waals surface area contributed by atoms with Crippen LogP contribution in [0.3, 0.4) is 0 Å². The van der Waals surface area contributed by atoms with E-state index in [0.29, 0.717) is 6.61 Å². The summed E-state index contributed by atoms with van der Waals surface area (Å²) in [5.41, 5.74) is 1.07. The van der Waals surface area contributed by atoms with Crippen LogP contribution in [0.1, 0.15) is 26.3 Å². The van der Waals surface area contributed by atoms with Crippen LogP contribution >= 0.6 is 0 Å². The third-order valence-electron chi connectivity index (χ3n) is 4.14. The van der Waals surface area contributed by atoms with Crippen molar-refractivity contribution >= 4 is 0 Å². The molecule has 0 spiro atoms. The fraction of sp³-hybridized carbons (Fsp3) is 0.667. The van der Waals surface area contributed by atoms with Crippen molar-refractivity contribution in [2.45, 2.75) is 63.7 Å². The number of hydrogen-bond donors (Lipinski definition) is 2. The van der Waals surface area contributed by atoms with Crippen molar-refractivity contribution in [3.63, 3.8) is 0 Å². The van der Waals surface area contributed by atoms with Crippen LogP contribution in [-0.4, -0.2) is 60.2 Å². The van der Waals surface area contributed by atoms with Crippen molar-refractivity contribution in [2.24, 2.45) is 0 Å². The molecule has 6 nitrogen and oxygen atoms in total. The zero-order valence-corrected chi connectivity index (χ0v) is 14.7. The monoisotopic (exact) mass is 340 g/mol. The molecule has 24 heavy (non-hydrogen) atoms. The summed E-state index contributed by atoms with van der Waals surface area (Å²) < 4.78 is 23.2. The Morgan fingerprint density at radius 2 is 1.79 bits per heavy atom. The number of hydrogen-bond acceptors (Lipinski definition) is 6. The lowest BCUT2D eigenvalue weighted by Crippen LogP contribution is -2.49. The van der Waals surface area contributed by atoms with Crippen LogP contribution in [0.5, 0.6) is 0 Å². The molecule has 5 unspecified atom stereocenters. The van der Waals surface area contributed by atoms with E-state index < -0.39 is 36.8 Å². The van der Waals surface area contributed by atoms with E-state index in [2.05, 4.69) is 0 Å². The first-order valence-corrected chi connectivity index (χ1v) is 8.21. The first kappa shape index (κ1) is 19.3. The van der Waals surface area contributed by atoms with E-state index in [9.17, 15) is 10.2 Å². The predicted octanol–water partition coefficient (Wildman–Crippen LogP) is 1.48. The van der Waals surface area contributed by atoms with E-state index in [1.54, 1.807) is 0 Å². The van der Waals surface area contributed by atoms with Crippen LogP contribution in [-0.2, 0) is 25.6 Å². The molecule has 0 saturated carbocycles. The summed E-state index contributed by atoms with van der Waals surface area (Å²) in [5.74, 6) is -0.814. The highest BCUT2D eigenvalue weighted by Crippen LogP contribution is 2.34. The minimum atomic E-state index is -1.05. The van der Waals surface area contributed by atoms with Crippen molar-refractivity contribution in [3.8, 4) is 0 Å². The molecule has 1 fully saturated rings. The van der Waals surface area contributed by atoms with Crippen LogP contribution in [0.2, 0.25) is 0 Å². The first-order chi connectivity index (χ1) is 11.4. The fourth-order valence-electron chi connectivity index (χ4n) is 2.95. The standard InChI is InChI=1S/C18H28O6/c1-12(22-11-13-8-6-5-7-9-13)15-17(24-18(2,3)23-15)16(21-4)14(20)10-19/h5-9,12,14-17,19-20H,10-11H2,1-4H3. The van der Waals surface area contributed by atoms with Crippen LogP contribution in [0, 0.1) is 0 Å². The third kappa shape index (κ3) is 4.75. The molecule has 5 atom stereocenters. The van der Waals surface area contributed by atoms with Gasteiger partial charge in [0.25, 0.3) is 0 Å². The largest absolute Gasteiger partial charge is 0.394 e. The number of aliphatic hydroxyl groups is 2. The van der Waals surface area contributed by atoms with Crippen LogP contribution in [0.4, 0.5) is 0 Å². The average Bonchev–Trinajstić information content (AvgIpc) is 2.89. The lowest BCUT2D eigenvalue weighted by Gasteiger charge is -2.30. The molecule has 0 aromatic heterocycles. The van der Waals surface area contributed by atoms with Crippen molar-refractivity contribution in [1.82, 2.24) is 0 Å². The second kappa shape index (κ2) is 8.38. The van der Waals surface area contributed by atoms with Crippen molar-refractivity contribution < 1.29 is 29.2 Å². The van der Waals surface area contributed by atoms with Gasteiger partial charge in [-0.25, -0.2) is 0 Å². The molecule has 1 aliphatic heterocycles. The quantitative estimate of drug-likeness (QED) is 0.746. The number of methoxy groups -OCH3 is 1.